The first-order valence-electron chi connectivity index (χ1n) is 7.25. The molecular weight excluding hydrogens is 224 g/mol. The van der Waals surface area contributed by atoms with Crippen molar-refractivity contribution in [2.24, 2.45) is 5.92 Å². The quantitative estimate of drug-likeness (QED) is 0.531. The van der Waals surface area contributed by atoms with E-state index < -0.39 is 0 Å². The highest BCUT2D eigenvalue weighted by Gasteiger charge is 2.18. The largest absolute Gasteiger partial charge is 0.376 e. The normalized spacial score (nSPS) is 18.4. The van der Waals surface area contributed by atoms with E-state index in [0.717, 1.165) is 24.6 Å². The van der Waals surface area contributed by atoms with Gasteiger partial charge in [0, 0.05) is 19.1 Å². The molecule has 18 heavy (non-hydrogen) atoms. The number of hydrogen-bond acceptors (Lipinski definition) is 3. The molecule has 0 saturated carbocycles. The van der Waals surface area contributed by atoms with Gasteiger partial charge in [-0.1, -0.05) is 26.0 Å². The van der Waals surface area contributed by atoms with Crippen molar-refractivity contribution in [3.05, 3.63) is 12.2 Å². The molecule has 1 N–H and O–H groups in total. The lowest BCUT2D eigenvalue weighted by atomic mass is 10.0. The van der Waals surface area contributed by atoms with E-state index in [0.29, 0.717) is 12.6 Å². The predicted octanol–water partition coefficient (Wildman–Crippen LogP) is 2.29. The van der Waals surface area contributed by atoms with Crippen LogP contribution in [-0.4, -0.2) is 50.3 Å². The molecule has 0 atom stereocenters. The van der Waals surface area contributed by atoms with Crippen LogP contribution >= 0.6 is 0 Å². The van der Waals surface area contributed by atoms with Crippen molar-refractivity contribution >= 4 is 0 Å². The Hall–Kier alpha value is -0.380. The molecule has 0 spiro atoms. The Kier molecular flexibility index (Phi) is 7.56. The monoisotopic (exact) mass is 254 g/mol. The molecule has 0 aromatic carbocycles. The van der Waals surface area contributed by atoms with Crippen LogP contribution in [0.3, 0.4) is 0 Å². The van der Waals surface area contributed by atoms with Crippen LogP contribution in [0.2, 0.25) is 0 Å². The van der Waals surface area contributed by atoms with Crippen molar-refractivity contribution in [1.29, 1.82) is 0 Å². The molecule has 0 unspecified atom stereocenters. The van der Waals surface area contributed by atoms with Gasteiger partial charge in [0.25, 0.3) is 0 Å². The zero-order valence-corrected chi connectivity index (χ0v) is 12.4. The van der Waals surface area contributed by atoms with Crippen LogP contribution in [0.1, 0.15) is 33.6 Å². The number of hydrogen-bond donors (Lipinski definition) is 1. The SMILES string of the molecule is C=C(C)COCCNC1CCN(CC(C)C)CC1. The second kappa shape index (κ2) is 8.68. The molecule has 0 amide bonds. The summed E-state index contributed by atoms with van der Waals surface area (Å²) in [6.07, 6.45) is 2.54. The molecule has 0 bridgehead atoms. The fourth-order valence-electron chi connectivity index (χ4n) is 2.42. The summed E-state index contributed by atoms with van der Waals surface area (Å²) in [5, 5.41) is 3.59. The van der Waals surface area contributed by atoms with Crippen molar-refractivity contribution in [2.75, 3.05) is 39.4 Å². The van der Waals surface area contributed by atoms with E-state index in [9.17, 15) is 0 Å². The third-order valence-electron chi connectivity index (χ3n) is 3.24. The zero-order chi connectivity index (χ0) is 13.4. The molecule has 1 aliphatic rings. The van der Waals surface area contributed by atoms with E-state index in [1.54, 1.807) is 0 Å². The van der Waals surface area contributed by atoms with Crippen molar-refractivity contribution in [3.63, 3.8) is 0 Å². The first-order chi connectivity index (χ1) is 8.58. The van der Waals surface area contributed by atoms with Gasteiger partial charge in [-0.25, -0.2) is 0 Å². The number of nitrogens with zero attached hydrogens (tertiary/aromatic N) is 1. The van der Waals surface area contributed by atoms with Crippen molar-refractivity contribution in [2.45, 2.75) is 39.7 Å². The average molecular weight is 254 g/mol. The molecule has 1 aliphatic heterocycles. The van der Waals surface area contributed by atoms with Gasteiger partial charge in [0.05, 0.1) is 13.2 Å². The van der Waals surface area contributed by atoms with Crippen LogP contribution in [0.25, 0.3) is 0 Å². The van der Waals surface area contributed by atoms with E-state index >= 15 is 0 Å². The molecule has 3 heteroatoms. The molecule has 0 aliphatic carbocycles. The highest BCUT2D eigenvalue weighted by atomic mass is 16.5. The van der Waals surface area contributed by atoms with Crippen LogP contribution in [0.15, 0.2) is 12.2 Å². The maximum atomic E-state index is 5.49. The van der Waals surface area contributed by atoms with E-state index in [2.05, 4.69) is 30.6 Å². The van der Waals surface area contributed by atoms with E-state index in [4.69, 9.17) is 4.74 Å². The number of rotatable bonds is 8. The minimum Gasteiger partial charge on any atom is -0.376 e. The summed E-state index contributed by atoms with van der Waals surface area (Å²) < 4.78 is 5.49. The lowest BCUT2D eigenvalue weighted by Gasteiger charge is -2.33. The topological polar surface area (TPSA) is 24.5 Å². The molecular formula is C15H30N2O. The third-order valence-corrected chi connectivity index (χ3v) is 3.24. The fourth-order valence-corrected chi connectivity index (χ4v) is 2.42. The van der Waals surface area contributed by atoms with Gasteiger partial charge in [-0.3, -0.25) is 0 Å². The van der Waals surface area contributed by atoms with Gasteiger partial charge >= 0.3 is 0 Å². The van der Waals surface area contributed by atoms with Gasteiger partial charge in [-0.15, -0.1) is 0 Å². The Bertz CT molecular complexity index is 233. The molecule has 1 saturated heterocycles. The second-order valence-electron chi connectivity index (χ2n) is 5.93. The van der Waals surface area contributed by atoms with Gasteiger partial charge in [-0.05, 0) is 38.8 Å². The molecule has 106 valence electrons. The van der Waals surface area contributed by atoms with Gasteiger partial charge in [0.2, 0.25) is 0 Å². The summed E-state index contributed by atoms with van der Waals surface area (Å²) in [5.74, 6) is 0.782. The number of nitrogens with one attached hydrogen (secondary N) is 1. The average Bonchev–Trinajstić information content (AvgIpc) is 2.30. The number of piperidine rings is 1. The Morgan fingerprint density at radius 3 is 2.61 bits per heavy atom. The second-order valence-corrected chi connectivity index (χ2v) is 5.93. The summed E-state index contributed by atoms with van der Waals surface area (Å²) >= 11 is 0. The summed E-state index contributed by atoms with van der Waals surface area (Å²) in [6.45, 7) is 16.6. The maximum absolute atomic E-state index is 5.49. The van der Waals surface area contributed by atoms with Crippen LogP contribution < -0.4 is 5.32 Å². The van der Waals surface area contributed by atoms with Crippen LogP contribution in [0.4, 0.5) is 0 Å². The highest BCUT2D eigenvalue weighted by Crippen LogP contribution is 2.11. The Balaban J connectivity index is 2.00. The smallest absolute Gasteiger partial charge is 0.0672 e. The highest BCUT2D eigenvalue weighted by molar-refractivity contribution is 4.87. The summed E-state index contributed by atoms with van der Waals surface area (Å²) in [7, 11) is 0. The molecule has 1 rings (SSSR count). The summed E-state index contributed by atoms with van der Waals surface area (Å²) in [5.41, 5.74) is 1.09. The Labute approximate surface area is 113 Å². The van der Waals surface area contributed by atoms with Crippen LogP contribution in [0, 0.1) is 5.92 Å². The van der Waals surface area contributed by atoms with Crippen molar-refractivity contribution in [3.8, 4) is 0 Å². The van der Waals surface area contributed by atoms with Gasteiger partial charge in [-0.2, -0.15) is 0 Å². The summed E-state index contributed by atoms with van der Waals surface area (Å²) in [4.78, 5) is 2.58. The number of ether oxygens (including phenoxy) is 1. The molecule has 0 radical (unpaired) electrons. The molecule has 1 fully saturated rings. The number of likely N-dealkylation sites (tertiary alicyclic amines) is 1. The van der Waals surface area contributed by atoms with E-state index in [-0.39, 0.29) is 0 Å². The standard InChI is InChI=1S/C15H30N2O/c1-13(2)11-17-8-5-15(6-9-17)16-7-10-18-12-14(3)4/h13,15-16H,3,5-12H2,1-2,4H3. The first-order valence-corrected chi connectivity index (χ1v) is 7.25. The van der Waals surface area contributed by atoms with Crippen molar-refractivity contribution < 1.29 is 4.74 Å². The molecule has 1 heterocycles. The first kappa shape index (κ1) is 15.7. The lowest BCUT2D eigenvalue weighted by molar-refractivity contribution is 0.143. The molecule has 3 nitrogen and oxygen atoms in total. The summed E-state index contributed by atoms with van der Waals surface area (Å²) in [6, 6.07) is 0.682. The van der Waals surface area contributed by atoms with Gasteiger partial charge < -0.3 is 15.0 Å². The van der Waals surface area contributed by atoms with Gasteiger partial charge in [0.1, 0.15) is 0 Å². The van der Waals surface area contributed by atoms with Crippen LogP contribution in [0.5, 0.6) is 0 Å². The zero-order valence-electron chi connectivity index (χ0n) is 12.4. The fraction of sp³-hybridized carbons (Fsp3) is 0.867. The lowest BCUT2D eigenvalue weighted by Crippen LogP contribution is -2.44. The maximum Gasteiger partial charge on any atom is 0.0672 e. The van der Waals surface area contributed by atoms with E-state index in [1.165, 1.54) is 32.5 Å². The Morgan fingerprint density at radius 1 is 1.39 bits per heavy atom. The molecule has 0 aromatic rings. The van der Waals surface area contributed by atoms with E-state index in [1.807, 2.05) is 6.92 Å². The minimum atomic E-state index is 0.682. The third kappa shape index (κ3) is 7.14. The predicted molar refractivity (Wildman–Crippen MR) is 77.9 cm³/mol. The van der Waals surface area contributed by atoms with Crippen LogP contribution in [-0.2, 0) is 4.74 Å². The minimum absolute atomic E-state index is 0.682. The van der Waals surface area contributed by atoms with Crippen molar-refractivity contribution in [1.82, 2.24) is 10.2 Å². The molecule has 0 aromatic heterocycles. The van der Waals surface area contributed by atoms with Gasteiger partial charge in [0.15, 0.2) is 0 Å². The Morgan fingerprint density at radius 2 is 2.06 bits per heavy atom.